The number of rotatable bonds is 27. The second-order valence-electron chi connectivity index (χ2n) is 11.0. The van der Waals surface area contributed by atoms with Crippen molar-refractivity contribution in [3.8, 4) is 0 Å². The van der Waals surface area contributed by atoms with Crippen LogP contribution in [0.25, 0.3) is 0 Å². The molecule has 0 bridgehead atoms. The number of hydrogen-bond donors (Lipinski definition) is 2. The number of nitrogens with two attached hydrogens (primary N) is 1. The molecule has 2 amide bonds. The van der Waals surface area contributed by atoms with E-state index in [-0.39, 0.29) is 0 Å². The molecule has 0 radical (unpaired) electrons. The third kappa shape index (κ3) is 31.3. The summed E-state index contributed by atoms with van der Waals surface area (Å²) in [5, 5.41) is 2.65. The Morgan fingerprint density at radius 2 is 0.727 bits per heavy atom. The lowest BCUT2D eigenvalue weighted by atomic mass is 10.0. The van der Waals surface area contributed by atoms with Crippen LogP contribution in [0, 0.1) is 5.92 Å². The van der Waals surface area contributed by atoms with Crippen LogP contribution in [0.5, 0.6) is 0 Å². The van der Waals surface area contributed by atoms with Gasteiger partial charge in [0.15, 0.2) is 0 Å². The molecular weight excluding hydrogens is 404 g/mol. The van der Waals surface area contributed by atoms with E-state index in [4.69, 9.17) is 5.73 Å². The molecule has 198 valence electrons. The maximum Gasteiger partial charge on any atom is 0.312 e. The summed E-state index contributed by atoms with van der Waals surface area (Å²) in [7, 11) is 0. The summed E-state index contributed by atoms with van der Waals surface area (Å²) in [6.07, 6.45) is 35.3. The highest BCUT2D eigenvalue weighted by atomic mass is 16.2. The fourth-order valence-electron chi connectivity index (χ4n) is 4.78. The Balaban J connectivity index is 3.02. The first-order valence-corrected chi connectivity index (χ1v) is 15.2. The highest BCUT2D eigenvalue weighted by Crippen LogP contribution is 2.16. The minimum Gasteiger partial charge on any atom is -0.352 e. The van der Waals surface area contributed by atoms with Crippen molar-refractivity contribution in [3.63, 3.8) is 0 Å². The van der Waals surface area contributed by atoms with Crippen molar-refractivity contribution in [2.75, 3.05) is 6.54 Å². The summed E-state index contributed by atoms with van der Waals surface area (Å²) in [4.78, 5) is 10.6. The van der Waals surface area contributed by atoms with E-state index in [9.17, 15) is 4.79 Å². The average molecular weight is 467 g/mol. The largest absolute Gasteiger partial charge is 0.352 e. The van der Waals surface area contributed by atoms with Crippen molar-refractivity contribution in [1.29, 1.82) is 0 Å². The van der Waals surface area contributed by atoms with Crippen molar-refractivity contribution in [2.24, 2.45) is 11.7 Å². The molecule has 33 heavy (non-hydrogen) atoms. The molecule has 0 aromatic rings. The van der Waals surface area contributed by atoms with Crippen molar-refractivity contribution in [1.82, 2.24) is 5.32 Å². The minimum atomic E-state index is -0.399. The van der Waals surface area contributed by atoms with E-state index in [0.717, 1.165) is 18.9 Å². The van der Waals surface area contributed by atoms with Crippen LogP contribution in [0.3, 0.4) is 0 Å². The molecule has 0 spiro atoms. The number of unbranched alkanes of at least 4 members (excludes halogenated alkanes) is 23. The smallest absolute Gasteiger partial charge is 0.312 e. The summed E-state index contributed by atoms with van der Waals surface area (Å²) in [5.74, 6) is 0.887. The molecule has 0 saturated carbocycles. The molecule has 3 N–H and O–H groups in total. The normalized spacial score (nSPS) is 11.4. The van der Waals surface area contributed by atoms with E-state index in [2.05, 4.69) is 19.2 Å². The van der Waals surface area contributed by atoms with Gasteiger partial charge < -0.3 is 11.1 Å². The van der Waals surface area contributed by atoms with E-state index in [1.165, 1.54) is 154 Å². The summed E-state index contributed by atoms with van der Waals surface area (Å²) < 4.78 is 0. The van der Waals surface area contributed by atoms with Gasteiger partial charge >= 0.3 is 6.03 Å². The van der Waals surface area contributed by atoms with Crippen LogP contribution in [-0.2, 0) is 0 Å². The predicted octanol–water partition coefficient (Wildman–Crippen LogP) is 10.1. The van der Waals surface area contributed by atoms with E-state index in [0.29, 0.717) is 0 Å². The molecular formula is C30H62N2O. The van der Waals surface area contributed by atoms with Gasteiger partial charge in [-0.25, -0.2) is 4.79 Å². The number of primary amides is 1. The Morgan fingerprint density at radius 3 is 0.970 bits per heavy atom. The van der Waals surface area contributed by atoms with Crippen LogP contribution < -0.4 is 11.1 Å². The molecule has 0 rings (SSSR count). The highest BCUT2D eigenvalue weighted by molar-refractivity contribution is 5.71. The fraction of sp³-hybridized carbons (Fsp3) is 0.967. The standard InChI is InChI=1S/C30H62N2O/c1-29(2)27-25-23-21-19-17-15-13-11-9-7-5-3-4-6-8-10-12-14-16-18-20-22-24-26-28-32-30(31)33/h29H,3-28H2,1-2H3,(H3,31,32,33). The molecule has 0 aromatic carbocycles. The number of urea groups is 1. The summed E-state index contributed by atoms with van der Waals surface area (Å²) in [6.45, 7) is 5.41. The van der Waals surface area contributed by atoms with Crippen molar-refractivity contribution >= 4 is 6.03 Å². The fourth-order valence-corrected chi connectivity index (χ4v) is 4.78. The molecule has 0 heterocycles. The molecule has 0 aliphatic heterocycles. The molecule has 3 nitrogen and oxygen atoms in total. The molecule has 0 atom stereocenters. The quantitative estimate of drug-likeness (QED) is 0.116. The van der Waals surface area contributed by atoms with Gasteiger partial charge in [0, 0.05) is 6.54 Å². The Bertz CT molecular complexity index is 383. The van der Waals surface area contributed by atoms with E-state index in [1.54, 1.807) is 0 Å². The molecule has 0 fully saturated rings. The van der Waals surface area contributed by atoms with Crippen LogP contribution in [0.1, 0.15) is 174 Å². The monoisotopic (exact) mass is 466 g/mol. The molecule has 3 heteroatoms. The summed E-state index contributed by atoms with van der Waals surface area (Å²) in [5.41, 5.74) is 5.05. The third-order valence-corrected chi connectivity index (χ3v) is 7.01. The van der Waals surface area contributed by atoms with Gasteiger partial charge in [-0.05, 0) is 12.3 Å². The van der Waals surface area contributed by atoms with Gasteiger partial charge in [0.05, 0.1) is 0 Å². The van der Waals surface area contributed by atoms with Gasteiger partial charge in [-0.1, -0.05) is 168 Å². The zero-order valence-electron chi connectivity index (χ0n) is 22.9. The van der Waals surface area contributed by atoms with Crippen LogP contribution in [-0.4, -0.2) is 12.6 Å². The Labute approximate surface area is 208 Å². The van der Waals surface area contributed by atoms with Gasteiger partial charge in [-0.15, -0.1) is 0 Å². The topological polar surface area (TPSA) is 55.1 Å². The predicted molar refractivity (Wildman–Crippen MR) is 148 cm³/mol. The van der Waals surface area contributed by atoms with Gasteiger partial charge in [-0.2, -0.15) is 0 Å². The van der Waals surface area contributed by atoms with Gasteiger partial charge in [-0.3, -0.25) is 0 Å². The maximum atomic E-state index is 10.6. The third-order valence-electron chi connectivity index (χ3n) is 7.01. The number of carbonyl (C=O) groups is 1. The van der Waals surface area contributed by atoms with Gasteiger partial charge in [0.2, 0.25) is 0 Å². The first-order chi connectivity index (χ1) is 16.1. The lowest BCUT2D eigenvalue weighted by Gasteiger charge is -2.05. The van der Waals surface area contributed by atoms with Crippen molar-refractivity contribution < 1.29 is 4.79 Å². The van der Waals surface area contributed by atoms with Crippen LogP contribution in [0.15, 0.2) is 0 Å². The second kappa shape index (κ2) is 27.5. The summed E-state index contributed by atoms with van der Waals surface area (Å²) in [6, 6.07) is -0.399. The Kier molecular flexibility index (Phi) is 26.9. The van der Waals surface area contributed by atoms with Crippen molar-refractivity contribution in [3.05, 3.63) is 0 Å². The maximum absolute atomic E-state index is 10.6. The highest BCUT2D eigenvalue weighted by Gasteiger charge is 1.97. The first kappa shape index (κ1) is 32.3. The minimum absolute atomic E-state index is 0.399. The zero-order chi connectivity index (χ0) is 24.2. The summed E-state index contributed by atoms with van der Waals surface area (Å²) >= 11 is 0. The number of carbonyl (C=O) groups excluding carboxylic acids is 1. The van der Waals surface area contributed by atoms with E-state index in [1.807, 2.05) is 0 Å². The Hall–Kier alpha value is -0.730. The molecule has 0 aromatic heterocycles. The molecule has 0 unspecified atom stereocenters. The van der Waals surface area contributed by atoms with Crippen LogP contribution in [0.4, 0.5) is 4.79 Å². The lowest BCUT2D eigenvalue weighted by molar-refractivity contribution is 0.248. The van der Waals surface area contributed by atoms with Gasteiger partial charge in [0.1, 0.15) is 0 Å². The van der Waals surface area contributed by atoms with Crippen molar-refractivity contribution in [2.45, 2.75) is 174 Å². The first-order valence-electron chi connectivity index (χ1n) is 15.2. The second-order valence-corrected chi connectivity index (χ2v) is 11.0. The number of amides is 2. The van der Waals surface area contributed by atoms with E-state index < -0.39 is 6.03 Å². The average Bonchev–Trinajstić information content (AvgIpc) is 2.78. The molecule has 0 aliphatic carbocycles. The SMILES string of the molecule is CC(C)CCCCCCCCCCCCCCCCCCCCCCCCCCNC(N)=O. The Morgan fingerprint density at radius 1 is 0.485 bits per heavy atom. The lowest BCUT2D eigenvalue weighted by Crippen LogP contribution is -2.29. The van der Waals surface area contributed by atoms with Gasteiger partial charge in [0.25, 0.3) is 0 Å². The van der Waals surface area contributed by atoms with Crippen LogP contribution >= 0.6 is 0 Å². The molecule has 0 saturated heterocycles. The number of hydrogen-bond acceptors (Lipinski definition) is 1. The number of nitrogens with one attached hydrogen (secondary N) is 1. The van der Waals surface area contributed by atoms with Crippen LogP contribution in [0.2, 0.25) is 0 Å². The molecule has 0 aliphatic rings. The van der Waals surface area contributed by atoms with E-state index >= 15 is 0 Å². The zero-order valence-corrected chi connectivity index (χ0v) is 22.9.